The average molecular weight is 236 g/mol. The summed E-state index contributed by atoms with van der Waals surface area (Å²) in [6.07, 6.45) is 2.36. The van der Waals surface area contributed by atoms with E-state index in [1.807, 2.05) is 19.9 Å². The summed E-state index contributed by atoms with van der Waals surface area (Å²) in [6, 6.07) is 5.39. The molecule has 0 saturated carbocycles. The number of methoxy groups -OCH3 is 1. The quantitative estimate of drug-likeness (QED) is 0.803. The van der Waals surface area contributed by atoms with E-state index in [0.717, 1.165) is 18.4 Å². The Morgan fingerprint density at radius 1 is 1.47 bits per heavy atom. The number of hydrogen-bond acceptors (Lipinski definition) is 3. The first-order valence-corrected chi connectivity index (χ1v) is 6.09. The Morgan fingerprint density at radius 3 is 2.82 bits per heavy atom. The summed E-state index contributed by atoms with van der Waals surface area (Å²) in [5, 5.41) is 9.39. The van der Waals surface area contributed by atoms with Crippen LogP contribution in [0.25, 0.3) is 0 Å². The molecule has 3 heteroatoms. The van der Waals surface area contributed by atoms with Crippen LogP contribution in [-0.2, 0) is 16.0 Å². The minimum absolute atomic E-state index is 0.184. The summed E-state index contributed by atoms with van der Waals surface area (Å²) < 4.78 is 4.66. The van der Waals surface area contributed by atoms with Gasteiger partial charge in [0.2, 0.25) is 0 Å². The van der Waals surface area contributed by atoms with Gasteiger partial charge in [-0.2, -0.15) is 0 Å². The molecular formula is C14H20O3. The Labute approximate surface area is 102 Å². The molecule has 1 atom stereocenters. The second-order valence-electron chi connectivity index (χ2n) is 3.90. The predicted octanol–water partition coefficient (Wildman–Crippen LogP) is 3.01. The molecule has 0 spiro atoms. The van der Waals surface area contributed by atoms with Gasteiger partial charge in [-0.1, -0.05) is 19.9 Å². The monoisotopic (exact) mass is 236 g/mol. The lowest BCUT2D eigenvalue weighted by molar-refractivity contribution is -0.141. The van der Waals surface area contributed by atoms with E-state index in [9.17, 15) is 9.90 Å². The number of aromatic hydroxyl groups is 1. The Kier molecular flexibility index (Phi) is 5.01. The van der Waals surface area contributed by atoms with Crippen molar-refractivity contribution in [2.24, 2.45) is 0 Å². The summed E-state index contributed by atoms with van der Waals surface area (Å²) >= 11 is 0. The number of benzene rings is 1. The van der Waals surface area contributed by atoms with Gasteiger partial charge in [0.05, 0.1) is 13.5 Å². The largest absolute Gasteiger partial charge is 0.508 e. The second-order valence-corrected chi connectivity index (χ2v) is 3.90. The smallest absolute Gasteiger partial charge is 0.306 e. The number of ether oxygens (including phenoxy) is 1. The van der Waals surface area contributed by atoms with E-state index in [2.05, 4.69) is 4.74 Å². The molecule has 0 fully saturated rings. The molecule has 0 saturated heterocycles. The lowest BCUT2D eigenvalue weighted by atomic mass is 9.98. The molecule has 0 aliphatic heterocycles. The molecule has 1 aliphatic rings. The zero-order valence-corrected chi connectivity index (χ0v) is 10.7. The van der Waals surface area contributed by atoms with Crippen molar-refractivity contribution in [2.75, 3.05) is 7.11 Å². The Hall–Kier alpha value is -1.51. The van der Waals surface area contributed by atoms with Gasteiger partial charge in [0.1, 0.15) is 5.75 Å². The van der Waals surface area contributed by atoms with E-state index >= 15 is 0 Å². The molecule has 1 unspecified atom stereocenters. The van der Waals surface area contributed by atoms with Crippen LogP contribution in [0.15, 0.2) is 18.2 Å². The average Bonchev–Trinajstić information content (AvgIpc) is 2.74. The van der Waals surface area contributed by atoms with Crippen LogP contribution in [0.5, 0.6) is 5.75 Å². The summed E-state index contributed by atoms with van der Waals surface area (Å²) in [5.41, 5.74) is 2.34. The molecule has 1 aromatic carbocycles. The molecule has 0 amide bonds. The number of fused-ring (bicyclic) bond motifs is 1. The third-order valence-corrected chi connectivity index (χ3v) is 2.97. The molecule has 1 aliphatic carbocycles. The van der Waals surface area contributed by atoms with Gasteiger partial charge in [-0.05, 0) is 42.0 Å². The highest BCUT2D eigenvalue weighted by atomic mass is 16.5. The van der Waals surface area contributed by atoms with Gasteiger partial charge >= 0.3 is 5.97 Å². The molecule has 0 radical (unpaired) electrons. The Morgan fingerprint density at radius 2 is 2.18 bits per heavy atom. The molecule has 0 aromatic heterocycles. The Balaban J connectivity index is 0.000000686. The summed E-state index contributed by atoms with van der Waals surface area (Å²) in [6.45, 7) is 4.00. The topological polar surface area (TPSA) is 46.5 Å². The minimum atomic E-state index is -0.184. The Bertz CT molecular complexity index is 385. The fourth-order valence-corrected chi connectivity index (χ4v) is 2.17. The highest BCUT2D eigenvalue weighted by Crippen LogP contribution is 2.37. The number of esters is 1. The maximum absolute atomic E-state index is 11.2. The third-order valence-electron chi connectivity index (χ3n) is 2.97. The van der Waals surface area contributed by atoms with Crippen LogP contribution >= 0.6 is 0 Å². The lowest BCUT2D eigenvalue weighted by Crippen LogP contribution is -2.06. The standard InChI is InChI=1S/C12H14O3.C2H6/c1-15-12(14)6-9-3-2-8-4-5-10(13)7-11(8)9;1-2/h4-5,7,9,13H,2-3,6H2,1H3;1-2H3. The minimum Gasteiger partial charge on any atom is -0.508 e. The highest BCUT2D eigenvalue weighted by molar-refractivity contribution is 5.70. The van der Waals surface area contributed by atoms with Crippen LogP contribution in [0, 0.1) is 0 Å². The van der Waals surface area contributed by atoms with Crippen molar-refractivity contribution in [3.63, 3.8) is 0 Å². The number of hydrogen-bond donors (Lipinski definition) is 1. The zero-order chi connectivity index (χ0) is 12.8. The van der Waals surface area contributed by atoms with Gasteiger partial charge in [-0.25, -0.2) is 0 Å². The lowest BCUT2D eigenvalue weighted by Gasteiger charge is -2.09. The van der Waals surface area contributed by atoms with Crippen LogP contribution in [-0.4, -0.2) is 18.2 Å². The number of aryl methyl sites for hydroxylation is 1. The first-order chi connectivity index (χ1) is 8.20. The molecule has 0 bridgehead atoms. The number of rotatable bonds is 2. The van der Waals surface area contributed by atoms with Crippen LogP contribution in [0.4, 0.5) is 0 Å². The van der Waals surface area contributed by atoms with Gasteiger partial charge in [0.25, 0.3) is 0 Å². The van der Waals surface area contributed by atoms with Gasteiger partial charge in [-0.15, -0.1) is 0 Å². The van der Waals surface area contributed by atoms with Crippen molar-refractivity contribution < 1.29 is 14.6 Å². The fraction of sp³-hybridized carbons (Fsp3) is 0.500. The van der Waals surface area contributed by atoms with E-state index in [-0.39, 0.29) is 17.6 Å². The SMILES string of the molecule is CC.COC(=O)CC1CCc2ccc(O)cc21. The first-order valence-electron chi connectivity index (χ1n) is 6.09. The highest BCUT2D eigenvalue weighted by Gasteiger charge is 2.25. The van der Waals surface area contributed by atoms with Crippen molar-refractivity contribution in [2.45, 2.75) is 39.0 Å². The van der Waals surface area contributed by atoms with Crippen LogP contribution < -0.4 is 0 Å². The fourth-order valence-electron chi connectivity index (χ4n) is 2.17. The number of carbonyl (C=O) groups excluding carboxylic acids is 1. The van der Waals surface area contributed by atoms with Crippen molar-refractivity contribution in [1.82, 2.24) is 0 Å². The molecule has 3 nitrogen and oxygen atoms in total. The molecular weight excluding hydrogens is 216 g/mol. The number of phenols is 1. The van der Waals surface area contributed by atoms with Gasteiger partial charge < -0.3 is 9.84 Å². The van der Waals surface area contributed by atoms with Crippen molar-refractivity contribution >= 4 is 5.97 Å². The molecule has 1 aromatic rings. The predicted molar refractivity (Wildman–Crippen MR) is 67.1 cm³/mol. The van der Waals surface area contributed by atoms with Gasteiger partial charge in [0.15, 0.2) is 0 Å². The van der Waals surface area contributed by atoms with Crippen LogP contribution in [0.2, 0.25) is 0 Å². The van der Waals surface area contributed by atoms with Crippen molar-refractivity contribution in [1.29, 1.82) is 0 Å². The molecule has 94 valence electrons. The van der Waals surface area contributed by atoms with E-state index < -0.39 is 0 Å². The van der Waals surface area contributed by atoms with Crippen LogP contribution in [0.1, 0.15) is 43.7 Å². The summed E-state index contributed by atoms with van der Waals surface area (Å²) in [5.74, 6) is 0.293. The van der Waals surface area contributed by atoms with Crippen molar-refractivity contribution in [3.05, 3.63) is 29.3 Å². The maximum atomic E-state index is 11.2. The van der Waals surface area contributed by atoms with E-state index in [1.54, 1.807) is 12.1 Å². The molecule has 0 heterocycles. The number of phenolic OH excluding ortho intramolecular Hbond substituents is 1. The summed E-state index contributed by atoms with van der Waals surface area (Å²) in [7, 11) is 1.40. The van der Waals surface area contributed by atoms with E-state index in [4.69, 9.17) is 0 Å². The summed E-state index contributed by atoms with van der Waals surface area (Å²) in [4.78, 5) is 11.2. The van der Waals surface area contributed by atoms with Gasteiger partial charge in [-0.3, -0.25) is 4.79 Å². The van der Waals surface area contributed by atoms with Gasteiger partial charge in [0, 0.05) is 0 Å². The zero-order valence-electron chi connectivity index (χ0n) is 10.7. The molecule has 1 N–H and O–H groups in total. The second kappa shape index (κ2) is 6.28. The molecule has 17 heavy (non-hydrogen) atoms. The van der Waals surface area contributed by atoms with E-state index in [0.29, 0.717) is 6.42 Å². The first kappa shape index (κ1) is 13.6. The maximum Gasteiger partial charge on any atom is 0.306 e. The van der Waals surface area contributed by atoms with E-state index in [1.165, 1.54) is 12.7 Å². The normalized spacial score (nSPS) is 16.8. The van der Waals surface area contributed by atoms with Crippen molar-refractivity contribution in [3.8, 4) is 5.75 Å². The number of carbonyl (C=O) groups is 1. The third kappa shape index (κ3) is 3.22. The van der Waals surface area contributed by atoms with Crippen LogP contribution in [0.3, 0.4) is 0 Å². The molecule has 2 rings (SSSR count).